The molecule has 1 aliphatic heterocycles. The maximum Gasteiger partial charge on any atom is 0.408 e. The Morgan fingerprint density at radius 3 is 2.33 bits per heavy atom. The van der Waals surface area contributed by atoms with Crippen LogP contribution in [-0.4, -0.2) is 41.5 Å². The molecule has 0 saturated carbocycles. The van der Waals surface area contributed by atoms with E-state index in [9.17, 15) is 9.59 Å². The average Bonchev–Trinajstić information content (AvgIpc) is 2.13. The van der Waals surface area contributed by atoms with E-state index in [0.29, 0.717) is 26.1 Å². The Balaban J connectivity index is 2.66. The van der Waals surface area contributed by atoms with Crippen LogP contribution in [0.15, 0.2) is 0 Å². The number of alkyl carbamates (subject to hydrolysis) is 1. The summed E-state index contributed by atoms with van der Waals surface area (Å²) >= 11 is 0. The van der Waals surface area contributed by atoms with E-state index in [4.69, 9.17) is 14.6 Å². The van der Waals surface area contributed by atoms with Crippen LogP contribution in [0.2, 0.25) is 0 Å². The minimum Gasteiger partial charge on any atom is -0.481 e. The lowest BCUT2D eigenvalue weighted by Crippen LogP contribution is -2.54. The van der Waals surface area contributed by atoms with E-state index in [2.05, 4.69) is 5.32 Å². The summed E-state index contributed by atoms with van der Waals surface area (Å²) < 4.78 is 10.4. The molecule has 1 aliphatic rings. The largest absolute Gasteiger partial charge is 0.481 e. The topological polar surface area (TPSA) is 84.9 Å². The fourth-order valence-corrected chi connectivity index (χ4v) is 1.92. The maximum atomic E-state index is 11.7. The van der Waals surface area contributed by atoms with Crippen molar-refractivity contribution in [2.24, 2.45) is 0 Å². The minimum absolute atomic E-state index is 0.115. The van der Waals surface area contributed by atoms with Gasteiger partial charge in [-0.2, -0.15) is 0 Å². The molecule has 1 heterocycles. The zero-order valence-corrected chi connectivity index (χ0v) is 11.1. The molecule has 0 aromatic heterocycles. The van der Waals surface area contributed by atoms with Gasteiger partial charge < -0.3 is 19.9 Å². The molecule has 0 aromatic carbocycles. The Labute approximate surface area is 107 Å². The van der Waals surface area contributed by atoms with Gasteiger partial charge >= 0.3 is 12.1 Å². The van der Waals surface area contributed by atoms with Crippen LogP contribution in [0.5, 0.6) is 0 Å². The first-order valence-electron chi connectivity index (χ1n) is 6.03. The van der Waals surface area contributed by atoms with Crippen molar-refractivity contribution in [3.8, 4) is 0 Å². The third kappa shape index (κ3) is 4.91. The minimum atomic E-state index is -0.937. The Morgan fingerprint density at radius 1 is 1.33 bits per heavy atom. The highest BCUT2D eigenvalue weighted by Crippen LogP contribution is 2.25. The third-order valence-electron chi connectivity index (χ3n) is 2.71. The van der Waals surface area contributed by atoms with Gasteiger partial charge in [0, 0.05) is 13.2 Å². The Bertz CT molecular complexity index is 315. The number of carbonyl (C=O) groups excluding carboxylic acids is 1. The zero-order chi connectivity index (χ0) is 13.8. The van der Waals surface area contributed by atoms with Crippen molar-refractivity contribution in [3.63, 3.8) is 0 Å². The van der Waals surface area contributed by atoms with E-state index in [-0.39, 0.29) is 6.42 Å². The lowest BCUT2D eigenvalue weighted by molar-refractivity contribution is -0.139. The highest BCUT2D eigenvalue weighted by atomic mass is 16.6. The Morgan fingerprint density at radius 2 is 1.89 bits per heavy atom. The molecule has 0 spiro atoms. The van der Waals surface area contributed by atoms with Crippen LogP contribution in [-0.2, 0) is 14.3 Å². The zero-order valence-electron chi connectivity index (χ0n) is 11.1. The number of aliphatic carboxylic acids is 1. The van der Waals surface area contributed by atoms with Gasteiger partial charge in [-0.15, -0.1) is 0 Å². The summed E-state index contributed by atoms with van der Waals surface area (Å²) in [4.78, 5) is 22.7. The average molecular weight is 259 g/mol. The van der Waals surface area contributed by atoms with E-state index < -0.39 is 23.2 Å². The van der Waals surface area contributed by atoms with Crippen molar-refractivity contribution in [1.82, 2.24) is 5.32 Å². The van der Waals surface area contributed by atoms with Gasteiger partial charge in [0.05, 0.1) is 12.0 Å². The first-order chi connectivity index (χ1) is 8.22. The Kier molecular flexibility index (Phi) is 4.56. The molecule has 6 nitrogen and oxygen atoms in total. The van der Waals surface area contributed by atoms with E-state index >= 15 is 0 Å². The molecule has 0 unspecified atom stereocenters. The summed E-state index contributed by atoms with van der Waals surface area (Å²) in [6.07, 6.45) is 0.276. The molecule has 1 fully saturated rings. The number of nitrogens with one attached hydrogen (secondary N) is 1. The van der Waals surface area contributed by atoms with E-state index in [1.807, 2.05) is 0 Å². The Hall–Kier alpha value is -1.30. The monoisotopic (exact) mass is 259 g/mol. The number of hydrogen-bond donors (Lipinski definition) is 2. The van der Waals surface area contributed by atoms with Crippen molar-refractivity contribution in [1.29, 1.82) is 0 Å². The molecule has 0 radical (unpaired) electrons. The molecule has 1 rings (SSSR count). The second-order valence-corrected chi connectivity index (χ2v) is 5.59. The SMILES string of the molecule is CC(C)(C)OC(=O)NC1(CC(=O)O)CCOCC1. The van der Waals surface area contributed by atoms with Crippen LogP contribution in [0.25, 0.3) is 0 Å². The number of ether oxygens (including phenoxy) is 2. The normalized spacial score (nSPS) is 19.1. The van der Waals surface area contributed by atoms with Crippen molar-refractivity contribution in [2.75, 3.05) is 13.2 Å². The van der Waals surface area contributed by atoms with E-state index in [0.717, 1.165) is 0 Å². The molecule has 0 aliphatic carbocycles. The predicted molar refractivity (Wildman–Crippen MR) is 64.4 cm³/mol. The summed E-state index contributed by atoms with van der Waals surface area (Å²) in [5, 5.41) is 11.6. The van der Waals surface area contributed by atoms with Crippen LogP contribution in [0, 0.1) is 0 Å². The predicted octanol–water partition coefficient (Wildman–Crippen LogP) is 1.54. The smallest absolute Gasteiger partial charge is 0.408 e. The van der Waals surface area contributed by atoms with Crippen LogP contribution in [0.3, 0.4) is 0 Å². The summed E-state index contributed by atoms with van der Waals surface area (Å²) in [5.74, 6) is -0.937. The summed E-state index contributed by atoms with van der Waals surface area (Å²) in [6.45, 7) is 6.19. The summed E-state index contributed by atoms with van der Waals surface area (Å²) in [7, 11) is 0. The van der Waals surface area contributed by atoms with Crippen LogP contribution in [0.4, 0.5) is 4.79 Å². The van der Waals surface area contributed by atoms with Gasteiger partial charge in [-0.25, -0.2) is 4.79 Å². The third-order valence-corrected chi connectivity index (χ3v) is 2.71. The quantitative estimate of drug-likeness (QED) is 0.803. The molecule has 0 atom stereocenters. The van der Waals surface area contributed by atoms with Crippen molar-refractivity contribution < 1.29 is 24.2 Å². The number of carboxylic acid groups (broad SMARTS) is 1. The van der Waals surface area contributed by atoms with Crippen molar-refractivity contribution in [2.45, 2.75) is 51.2 Å². The van der Waals surface area contributed by atoms with Gasteiger partial charge in [0.25, 0.3) is 0 Å². The molecule has 6 heteroatoms. The molecule has 18 heavy (non-hydrogen) atoms. The first-order valence-corrected chi connectivity index (χ1v) is 6.03. The van der Waals surface area contributed by atoms with Gasteiger partial charge in [-0.3, -0.25) is 4.79 Å². The molecular formula is C12H21NO5. The van der Waals surface area contributed by atoms with Crippen molar-refractivity contribution in [3.05, 3.63) is 0 Å². The van der Waals surface area contributed by atoms with Gasteiger partial charge in [-0.1, -0.05) is 0 Å². The second-order valence-electron chi connectivity index (χ2n) is 5.59. The molecule has 2 N–H and O–H groups in total. The van der Waals surface area contributed by atoms with E-state index in [1.165, 1.54) is 0 Å². The molecule has 1 amide bonds. The number of carbonyl (C=O) groups is 2. The van der Waals surface area contributed by atoms with Gasteiger partial charge in [0.2, 0.25) is 0 Å². The highest BCUT2D eigenvalue weighted by Gasteiger charge is 2.37. The molecule has 0 aromatic rings. The lowest BCUT2D eigenvalue weighted by Gasteiger charge is -2.37. The lowest BCUT2D eigenvalue weighted by atomic mass is 9.87. The summed E-state index contributed by atoms with van der Waals surface area (Å²) in [6, 6.07) is 0. The van der Waals surface area contributed by atoms with Crippen LogP contribution in [0.1, 0.15) is 40.0 Å². The number of carboxylic acids is 1. The van der Waals surface area contributed by atoms with Gasteiger partial charge in [0.15, 0.2) is 0 Å². The second kappa shape index (κ2) is 5.56. The first kappa shape index (κ1) is 14.8. The number of rotatable bonds is 3. The van der Waals surface area contributed by atoms with Crippen molar-refractivity contribution >= 4 is 12.1 Å². The number of hydrogen-bond acceptors (Lipinski definition) is 4. The fraction of sp³-hybridized carbons (Fsp3) is 0.833. The molecule has 0 bridgehead atoms. The van der Waals surface area contributed by atoms with Gasteiger partial charge in [-0.05, 0) is 33.6 Å². The van der Waals surface area contributed by atoms with E-state index in [1.54, 1.807) is 20.8 Å². The summed E-state index contributed by atoms with van der Waals surface area (Å²) in [5.41, 5.74) is -1.36. The maximum absolute atomic E-state index is 11.7. The molecular weight excluding hydrogens is 238 g/mol. The van der Waals surface area contributed by atoms with Crippen LogP contribution >= 0.6 is 0 Å². The standard InChI is InChI=1S/C12H21NO5/c1-11(2,3)18-10(16)13-12(8-9(14)15)4-6-17-7-5-12/h4-8H2,1-3H3,(H,13,16)(H,14,15). The highest BCUT2D eigenvalue weighted by molar-refractivity contribution is 5.73. The number of amides is 1. The molecule has 1 saturated heterocycles. The molecule has 104 valence electrons. The fourth-order valence-electron chi connectivity index (χ4n) is 1.92. The van der Waals surface area contributed by atoms with Gasteiger partial charge in [0.1, 0.15) is 5.60 Å². The van der Waals surface area contributed by atoms with Crippen LogP contribution < -0.4 is 5.32 Å².